The van der Waals surface area contributed by atoms with Crippen molar-refractivity contribution >= 4 is 11.7 Å². The summed E-state index contributed by atoms with van der Waals surface area (Å²) in [7, 11) is 0. The van der Waals surface area contributed by atoms with Gasteiger partial charge in [0.15, 0.2) is 0 Å². The lowest BCUT2D eigenvalue weighted by Crippen LogP contribution is -2.57. The van der Waals surface area contributed by atoms with E-state index in [0.29, 0.717) is 31.8 Å². The molecule has 0 aromatic heterocycles. The molecule has 0 saturated carbocycles. The first-order valence-corrected chi connectivity index (χ1v) is 10.00. The van der Waals surface area contributed by atoms with E-state index < -0.39 is 0 Å². The molecule has 4 rings (SSSR count). The summed E-state index contributed by atoms with van der Waals surface area (Å²) in [6, 6.07) is -0.0786. The molecule has 29 heavy (non-hydrogen) atoms. The van der Waals surface area contributed by atoms with Gasteiger partial charge in [-0.3, -0.25) is 4.79 Å². The molecule has 0 bridgehead atoms. The number of allylic oxidation sites excluding steroid dienone is 4. The third-order valence-electron chi connectivity index (χ3n) is 5.48. The molecule has 1 saturated heterocycles. The van der Waals surface area contributed by atoms with Crippen molar-refractivity contribution in [2.75, 3.05) is 26.3 Å². The van der Waals surface area contributed by atoms with Crippen LogP contribution < -0.4 is 16.4 Å². The molecule has 154 valence electrons. The summed E-state index contributed by atoms with van der Waals surface area (Å²) >= 11 is 0. The van der Waals surface area contributed by atoms with E-state index in [-0.39, 0.29) is 18.1 Å². The number of morpholine rings is 1. The molecule has 3 aliphatic heterocycles. The van der Waals surface area contributed by atoms with Gasteiger partial charge in [0, 0.05) is 31.4 Å². The number of ether oxygens (including phenoxy) is 1. The second-order valence-corrected chi connectivity index (χ2v) is 7.50. The maximum Gasteiger partial charge on any atom is 0.217 e. The molecule has 3 heterocycles. The van der Waals surface area contributed by atoms with Gasteiger partial charge in [0.2, 0.25) is 5.91 Å². The SMILES string of the molecule is NC(=O)CCC1=CNC2C(=C1)NC(C1=CC(N=O)=CCC1)N=C2N1CCOCC1. The zero-order chi connectivity index (χ0) is 20.2. The molecule has 1 amide bonds. The average Bonchev–Trinajstić information content (AvgIpc) is 2.77. The Morgan fingerprint density at radius 1 is 1.34 bits per heavy atom. The van der Waals surface area contributed by atoms with Gasteiger partial charge in [0.1, 0.15) is 23.7 Å². The number of hydrogen-bond donors (Lipinski definition) is 3. The highest BCUT2D eigenvalue weighted by Crippen LogP contribution is 2.28. The molecule has 1 fully saturated rings. The number of rotatable bonds is 5. The van der Waals surface area contributed by atoms with Crippen LogP contribution in [0, 0.1) is 4.91 Å². The van der Waals surface area contributed by atoms with Gasteiger partial charge in [-0.25, -0.2) is 4.99 Å². The van der Waals surface area contributed by atoms with Crippen molar-refractivity contribution in [1.82, 2.24) is 15.5 Å². The topological polar surface area (TPSA) is 121 Å². The molecule has 4 aliphatic rings. The summed E-state index contributed by atoms with van der Waals surface area (Å²) in [5.74, 6) is 0.647. The predicted molar refractivity (Wildman–Crippen MR) is 109 cm³/mol. The number of nitroso groups, excluding NO2 is 1. The third-order valence-corrected chi connectivity index (χ3v) is 5.48. The van der Waals surface area contributed by atoms with Crippen LogP contribution in [0.3, 0.4) is 0 Å². The minimum absolute atomic E-state index is 0.0786. The minimum atomic E-state index is -0.315. The number of aliphatic imine (C=N–C) groups is 1. The Labute approximate surface area is 169 Å². The smallest absolute Gasteiger partial charge is 0.217 e. The number of primary amides is 1. The number of nitrogens with zero attached hydrogens (tertiary/aromatic N) is 3. The van der Waals surface area contributed by atoms with Gasteiger partial charge in [-0.05, 0) is 47.7 Å². The molecule has 0 aromatic rings. The zero-order valence-electron chi connectivity index (χ0n) is 16.3. The minimum Gasteiger partial charge on any atom is -0.378 e. The zero-order valence-corrected chi connectivity index (χ0v) is 16.3. The van der Waals surface area contributed by atoms with Crippen LogP contribution in [0.1, 0.15) is 25.7 Å². The lowest BCUT2D eigenvalue weighted by Gasteiger charge is -2.41. The van der Waals surface area contributed by atoms with E-state index in [9.17, 15) is 9.70 Å². The van der Waals surface area contributed by atoms with E-state index in [1.807, 2.05) is 18.4 Å². The van der Waals surface area contributed by atoms with Crippen LogP contribution in [0.2, 0.25) is 0 Å². The molecule has 0 spiro atoms. The van der Waals surface area contributed by atoms with Crippen LogP contribution in [0.15, 0.2) is 57.1 Å². The van der Waals surface area contributed by atoms with Gasteiger partial charge in [-0.2, -0.15) is 0 Å². The van der Waals surface area contributed by atoms with E-state index in [1.165, 1.54) is 0 Å². The second-order valence-electron chi connectivity index (χ2n) is 7.50. The molecular formula is C20H26N6O3. The van der Waals surface area contributed by atoms with Crippen molar-refractivity contribution in [1.29, 1.82) is 0 Å². The van der Waals surface area contributed by atoms with Gasteiger partial charge in [-0.1, -0.05) is 6.08 Å². The quantitative estimate of drug-likeness (QED) is 0.595. The Morgan fingerprint density at radius 2 is 2.17 bits per heavy atom. The number of amides is 1. The van der Waals surface area contributed by atoms with E-state index in [4.69, 9.17) is 15.5 Å². The number of dihydropyridines is 1. The van der Waals surface area contributed by atoms with Crippen LogP contribution in [0.25, 0.3) is 0 Å². The first-order valence-electron chi connectivity index (χ1n) is 10.00. The first kappa shape index (κ1) is 19.4. The van der Waals surface area contributed by atoms with Crippen LogP contribution in [-0.2, 0) is 9.53 Å². The van der Waals surface area contributed by atoms with Crippen LogP contribution in [0.4, 0.5) is 0 Å². The predicted octanol–water partition coefficient (Wildman–Crippen LogP) is 1.02. The number of nitrogens with two attached hydrogens (primary N) is 1. The number of amidine groups is 1. The Bertz CT molecular complexity index is 835. The van der Waals surface area contributed by atoms with E-state index in [2.05, 4.69) is 26.8 Å². The maximum atomic E-state index is 11.2. The maximum absolute atomic E-state index is 11.2. The molecule has 2 atom stereocenters. The Morgan fingerprint density at radius 3 is 2.93 bits per heavy atom. The summed E-state index contributed by atoms with van der Waals surface area (Å²) in [5.41, 5.74) is 8.81. The van der Waals surface area contributed by atoms with Crippen molar-refractivity contribution in [3.05, 3.63) is 51.9 Å². The van der Waals surface area contributed by atoms with Gasteiger partial charge >= 0.3 is 0 Å². The van der Waals surface area contributed by atoms with Crippen LogP contribution in [0.5, 0.6) is 0 Å². The molecule has 4 N–H and O–H groups in total. The highest BCUT2D eigenvalue weighted by molar-refractivity contribution is 5.92. The third kappa shape index (κ3) is 4.40. The van der Waals surface area contributed by atoms with Gasteiger partial charge in [0.25, 0.3) is 0 Å². The number of carbonyl (C=O) groups excluding carboxylic acids is 1. The number of hydrogen-bond acceptors (Lipinski definition) is 8. The molecule has 9 heteroatoms. The summed E-state index contributed by atoms with van der Waals surface area (Å²) in [4.78, 5) is 29.4. The fourth-order valence-electron chi connectivity index (χ4n) is 3.97. The van der Waals surface area contributed by atoms with Crippen molar-refractivity contribution < 1.29 is 9.53 Å². The standard InChI is InChI=1S/C20H26N6O3/c21-17(27)5-4-13-10-16-18(22-12-13)20(26-6-8-29-9-7-26)24-19(23-16)14-2-1-3-15(11-14)25-28/h3,10-12,18-19,22-23H,1-2,4-9H2,(H2,21,27). The van der Waals surface area contributed by atoms with Crippen molar-refractivity contribution in [3.8, 4) is 0 Å². The van der Waals surface area contributed by atoms with E-state index >= 15 is 0 Å². The highest BCUT2D eigenvalue weighted by atomic mass is 16.5. The fraction of sp³-hybridized carbons (Fsp3) is 0.500. The molecule has 2 unspecified atom stereocenters. The number of carbonyl (C=O) groups is 1. The van der Waals surface area contributed by atoms with E-state index in [1.54, 1.807) is 0 Å². The van der Waals surface area contributed by atoms with Gasteiger partial charge < -0.3 is 26.0 Å². The normalized spacial score (nSPS) is 26.5. The Hall–Kier alpha value is -2.94. The first-order chi connectivity index (χ1) is 14.1. The second kappa shape index (κ2) is 8.60. The van der Waals surface area contributed by atoms with Crippen LogP contribution in [-0.4, -0.2) is 55.2 Å². The highest BCUT2D eigenvalue weighted by Gasteiger charge is 2.35. The molecule has 0 radical (unpaired) electrons. The van der Waals surface area contributed by atoms with Crippen molar-refractivity contribution in [3.63, 3.8) is 0 Å². The summed E-state index contributed by atoms with van der Waals surface area (Å²) in [5, 5.41) is 10.0. The monoisotopic (exact) mass is 398 g/mol. The van der Waals surface area contributed by atoms with Crippen LogP contribution >= 0.6 is 0 Å². The summed E-state index contributed by atoms with van der Waals surface area (Å²) in [6.45, 7) is 2.92. The van der Waals surface area contributed by atoms with Crippen molar-refractivity contribution in [2.45, 2.75) is 37.9 Å². The molecule has 1 aliphatic carbocycles. The molecule has 0 aromatic carbocycles. The Kier molecular flexibility index (Phi) is 5.75. The van der Waals surface area contributed by atoms with Gasteiger partial charge in [-0.15, -0.1) is 4.91 Å². The van der Waals surface area contributed by atoms with E-state index in [0.717, 1.165) is 48.6 Å². The van der Waals surface area contributed by atoms with Gasteiger partial charge in [0.05, 0.1) is 13.2 Å². The average molecular weight is 398 g/mol. The lowest BCUT2D eigenvalue weighted by atomic mass is 9.96. The fourth-order valence-corrected chi connectivity index (χ4v) is 3.97. The summed E-state index contributed by atoms with van der Waals surface area (Å²) < 4.78 is 5.50. The largest absolute Gasteiger partial charge is 0.378 e. The number of nitrogens with one attached hydrogen (secondary N) is 2. The summed E-state index contributed by atoms with van der Waals surface area (Å²) in [6.07, 6.45) is 9.93. The molecular weight excluding hydrogens is 372 g/mol. The number of fused-ring (bicyclic) bond motifs is 1. The molecule has 9 nitrogen and oxygen atoms in total. The Balaban J connectivity index is 1.63. The van der Waals surface area contributed by atoms with Crippen molar-refractivity contribution in [2.24, 2.45) is 15.9 Å². The lowest BCUT2D eigenvalue weighted by molar-refractivity contribution is -0.117.